The van der Waals surface area contributed by atoms with Crippen LogP contribution in [0.15, 0.2) is 54.6 Å². The summed E-state index contributed by atoms with van der Waals surface area (Å²) in [6.45, 7) is 33.1. The molecule has 228 valence electrons. The van der Waals surface area contributed by atoms with Gasteiger partial charge in [-0.15, -0.1) is 6.58 Å². The van der Waals surface area contributed by atoms with Crippen LogP contribution >= 0.6 is 0 Å². The summed E-state index contributed by atoms with van der Waals surface area (Å²) in [5.41, 5.74) is 2.76. The van der Waals surface area contributed by atoms with Crippen LogP contribution in [0.2, 0.25) is 0 Å². The van der Waals surface area contributed by atoms with E-state index in [4.69, 9.17) is 0 Å². The van der Waals surface area contributed by atoms with Crippen molar-refractivity contribution in [3.8, 4) is 0 Å². The fourth-order valence-electron chi connectivity index (χ4n) is 5.95. The first-order valence-corrected chi connectivity index (χ1v) is 16.8. The van der Waals surface area contributed by atoms with Crippen LogP contribution in [-0.4, -0.2) is 0 Å². The van der Waals surface area contributed by atoms with Gasteiger partial charge in [0.25, 0.3) is 0 Å². The van der Waals surface area contributed by atoms with E-state index in [0.717, 1.165) is 41.4 Å². The zero-order chi connectivity index (χ0) is 30.4. The monoisotopic (exact) mass is 541 g/mol. The van der Waals surface area contributed by atoms with Crippen molar-refractivity contribution in [1.29, 1.82) is 0 Å². The van der Waals surface area contributed by atoms with E-state index in [9.17, 15) is 0 Å². The molecule has 0 spiro atoms. The molecule has 1 aromatic carbocycles. The van der Waals surface area contributed by atoms with Crippen LogP contribution in [-0.2, 0) is 0 Å². The first kappa shape index (κ1) is 39.8. The van der Waals surface area contributed by atoms with Gasteiger partial charge in [0.15, 0.2) is 0 Å². The van der Waals surface area contributed by atoms with Crippen LogP contribution in [0.5, 0.6) is 0 Å². The van der Waals surface area contributed by atoms with Crippen molar-refractivity contribution in [3.63, 3.8) is 0 Å². The Morgan fingerprint density at radius 3 is 1.79 bits per heavy atom. The summed E-state index contributed by atoms with van der Waals surface area (Å²) in [6.07, 6.45) is 15.8. The second-order valence-corrected chi connectivity index (χ2v) is 12.7. The molecule has 6 atom stereocenters. The summed E-state index contributed by atoms with van der Waals surface area (Å²) in [4.78, 5) is 0. The Kier molecular flexibility index (Phi) is 25.0. The number of rotatable bonds is 11. The Hall–Kier alpha value is -1.30. The summed E-state index contributed by atoms with van der Waals surface area (Å²) >= 11 is 0. The van der Waals surface area contributed by atoms with Crippen LogP contribution in [0.3, 0.4) is 0 Å². The van der Waals surface area contributed by atoms with Crippen molar-refractivity contribution in [2.24, 2.45) is 41.4 Å². The Morgan fingerprint density at radius 1 is 0.846 bits per heavy atom. The van der Waals surface area contributed by atoms with Gasteiger partial charge in [-0.1, -0.05) is 169 Å². The second-order valence-electron chi connectivity index (χ2n) is 12.7. The molecule has 1 aromatic rings. The first-order chi connectivity index (χ1) is 18.5. The second kappa shape index (κ2) is 24.5. The average Bonchev–Trinajstić information content (AvgIpc) is 2.94. The highest BCUT2D eigenvalue weighted by Gasteiger charge is 2.25. The lowest BCUT2D eigenvalue weighted by Crippen LogP contribution is -2.22. The predicted molar refractivity (Wildman–Crippen MR) is 183 cm³/mol. The number of benzene rings is 1. The predicted octanol–water partition coefficient (Wildman–Crippen LogP) is 13.5. The molecule has 0 heterocycles. The van der Waals surface area contributed by atoms with E-state index in [-0.39, 0.29) is 0 Å². The third kappa shape index (κ3) is 17.9. The fourth-order valence-corrected chi connectivity index (χ4v) is 5.95. The molecule has 0 saturated heterocycles. The Bertz CT molecular complexity index is 690. The topological polar surface area (TPSA) is 0 Å². The van der Waals surface area contributed by atoms with Crippen LogP contribution in [0.4, 0.5) is 0 Å². The zero-order valence-electron chi connectivity index (χ0n) is 29.0. The van der Waals surface area contributed by atoms with Gasteiger partial charge < -0.3 is 0 Å². The van der Waals surface area contributed by atoms with Gasteiger partial charge in [0, 0.05) is 0 Å². The molecule has 2 rings (SSSR count). The highest BCUT2D eigenvalue weighted by Crippen LogP contribution is 2.36. The van der Waals surface area contributed by atoms with E-state index in [1.807, 2.05) is 13.8 Å². The third-order valence-corrected chi connectivity index (χ3v) is 9.33. The molecule has 0 nitrogen and oxygen atoms in total. The van der Waals surface area contributed by atoms with Crippen LogP contribution < -0.4 is 0 Å². The lowest BCUT2D eigenvalue weighted by atomic mass is 9.73. The molecular formula is C39H72. The van der Waals surface area contributed by atoms with Crippen LogP contribution in [0.1, 0.15) is 153 Å². The molecule has 0 radical (unpaired) electrons. The van der Waals surface area contributed by atoms with Crippen LogP contribution in [0, 0.1) is 41.4 Å². The molecule has 39 heavy (non-hydrogen) atoms. The highest BCUT2D eigenvalue weighted by atomic mass is 14.3. The van der Waals surface area contributed by atoms with E-state index in [1.165, 1.54) is 62.5 Å². The summed E-state index contributed by atoms with van der Waals surface area (Å²) in [5.74, 6) is 6.61. The fraction of sp³-hybridized carbons (Fsp3) is 0.744. The van der Waals surface area contributed by atoms with Gasteiger partial charge in [0.05, 0.1) is 0 Å². The van der Waals surface area contributed by atoms with Crippen molar-refractivity contribution in [3.05, 3.63) is 60.2 Å². The van der Waals surface area contributed by atoms with Crippen molar-refractivity contribution in [2.75, 3.05) is 0 Å². The molecule has 0 aliphatic heterocycles. The van der Waals surface area contributed by atoms with E-state index in [0.29, 0.717) is 5.92 Å². The van der Waals surface area contributed by atoms with E-state index < -0.39 is 0 Å². The van der Waals surface area contributed by atoms with Gasteiger partial charge in [0.1, 0.15) is 0 Å². The summed E-state index contributed by atoms with van der Waals surface area (Å²) in [7, 11) is 0. The quantitative estimate of drug-likeness (QED) is 0.245. The molecule has 0 bridgehead atoms. The van der Waals surface area contributed by atoms with Crippen molar-refractivity contribution in [1.82, 2.24) is 0 Å². The number of hydrogen-bond acceptors (Lipinski definition) is 0. The minimum atomic E-state index is 0.677. The molecule has 0 heteroatoms. The largest absolute Gasteiger partial charge is 0.100 e. The molecule has 1 fully saturated rings. The summed E-state index contributed by atoms with van der Waals surface area (Å²) in [5, 5.41) is 0. The molecule has 0 unspecified atom stereocenters. The molecule has 1 saturated carbocycles. The lowest BCUT2D eigenvalue weighted by molar-refractivity contribution is 0.204. The van der Waals surface area contributed by atoms with Gasteiger partial charge in [-0.2, -0.15) is 0 Å². The molecule has 0 amide bonds. The Morgan fingerprint density at radius 2 is 1.38 bits per heavy atom. The van der Waals surface area contributed by atoms with Gasteiger partial charge >= 0.3 is 0 Å². The van der Waals surface area contributed by atoms with Crippen LogP contribution in [0.25, 0.3) is 0 Å². The van der Waals surface area contributed by atoms with Gasteiger partial charge in [-0.3, -0.25) is 0 Å². The van der Waals surface area contributed by atoms with E-state index in [1.54, 1.807) is 0 Å². The van der Waals surface area contributed by atoms with E-state index >= 15 is 0 Å². The van der Waals surface area contributed by atoms with E-state index in [2.05, 4.69) is 125 Å². The Labute approximate surface area is 248 Å². The number of hydrogen-bond donors (Lipinski definition) is 0. The summed E-state index contributed by atoms with van der Waals surface area (Å²) in [6, 6.07) is 10.7. The standard InChI is InChI=1S/C14H26.C12H24.C11H16.C2H6/c1-4-9-12(3)14(5-2)13-10-7-6-8-11-13;1-7-10(4)12(6)11(5)8-9(2)3;1-9(2)10(3)11-7-5-4-6-8-11;1-2/h4,9,12-14H,5-8,10-11H2,1-3H3;10-12H,2,7-8H2,1,3-6H3;4-10H,1-3H3;1-2H3/b9-4+;;;/t12-,14+;10-,11+,12-;10-;/m001./s1. The minimum Gasteiger partial charge on any atom is -0.100 e. The van der Waals surface area contributed by atoms with Gasteiger partial charge in [0.2, 0.25) is 0 Å². The highest BCUT2D eigenvalue weighted by molar-refractivity contribution is 5.19. The normalized spacial score (nSPS) is 18.2. The van der Waals surface area contributed by atoms with Gasteiger partial charge in [-0.25, -0.2) is 0 Å². The molecule has 0 aromatic heterocycles. The van der Waals surface area contributed by atoms with Crippen molar-refractivity contribution < 1.29 is 0 Å². The molecule has 1 aliphatic rings. The van der Waals surface area contributed by atoms with Crippen molar-refractivity contribution >= 4 is 0 Å². The molecule has 1 aliphatic carbocycles. The number of allylic oxidation sites excluding steroid dienone is 3. The smallest absolute Gasteiger partial charge is 0.0167 e. The van der Waals surface area contributed by atoms with Gasteiger partial charge in [-0.05, 0) is 73.2 Å². The zero-order valence-corrected chi connectivity index (χ0v) is 29.0. The lowest BCUT2D eigenvalue weighted by Gasteiger charge is -2.32. The molecule has 0 N–H and O–H groups in total. The maximum absolute atomic E-state index is 3.96. The average molecular weight is 541 g/mol. The van der Waals surface area contributed by atoms with Crippen molar-refractivity contribution in [2.45, 2.75) is 147 Å². The SMILES string of the molecule is C/C=C/[C@H](C)[C@@H](CC)C1CCCCC1.C=C(C)C[C@@H](C)[C@@H](C)[C@@H](C)CC.CC.CC(C)[C@@H](C)c1ccccc1. The molecular weight excluding hydrogens is 468 g/mol. The maximum Gasteiger partial charge on any atom is -0.0167 e. The summed E-state index contributed by atoms with van der Waals surface area (Å²) < 4.78 is 0. The Balaban J connectivity index is 0. The minimum absolute atomic E-state index is 0.677. The maximum atomic E-state index is 3.96. The first-order valence-electron chi connectivity index (χ1n) is 16.8. The third-order valence-electron chi connectivity index (χ3n) is 9.33.